The number of hydrogen-bond acceptors (Lipinski definition) is 4. The second-order valence-electron chi connectivity index (χ2n) is 7.25. The van der Waals surface area contributed by atoms with E-state index < -0.39 is 0 Å². The maximum Gasteiger partial charge on any atom is 0.219 e. The van der Waals surface area contributed by atoms with Gasteiger partial charge in [-0.15, -0.1) is 0 Å². The van der Waals surface area contributed by atoms with Gasteiger partial charge < -0.3 is 14.7 Å². The predicted molar refractivity (Wildman–Crippen MR) is 84.5 cm³/mol. The standard InChI is InChI=1S/C17H30N2O3/c1-13(21)18-6-2-14(3-7-18)17-11-19(10-15(17)12-20)16-4-8-22-9-5-16/h14-17,20H,2-12H2,1H3/t15-,17-/m0/s1. The van der Waals surface area contributed by atoms with Crippen molar-refractivity contribution in [3.8, 4) is 0 Å². The van der Waals surface area contributed by atoms with Crippen molar-refractivity contribution in [2.24, 2.45) is 17.8 Å². The van der Waals surface area contributed by atoms with Gasteiger partial charge in [-0.3, -0.25) is 9.69 Å². The number of carbonyl (C=O) groups is 1. The smallest absolute Gasteiger partial charge is 0.219 e. The molecule has 3 aliphatic heterocycles. The molecule has 0 aliphatic carbocycles. The topological polar surface area (TPSA) is 53.0 Å². The minimum absolute atomic E-state index is 0.201. The van der Waals surface area contributed by atoms with E-state index in [0.29, 0.717) is 30.4 Å². The lowest BCUT2D eigenvalue weighted by molar-refractivity contribution is -0.130. The normalized spacial score (nSPS) is 32.5. The summed E-state index contributed by atoms with van der Waals surface area (Å²) >= 11 is 0. The zero-order chi connectivity index (χ0) is 15.5. The van der Waals surface area contributed by atoms with Crippen LogP contribution in [0.2, 0.25) is 0 Å². The molecule has 0 aromatic carbocycles. The van der Waals surface area contributed by atoms with E-state index in [4.69, 9.17) is 4.74 Å². The Morgan fingerprint density at radius 2 is 1.82 bits per heavy atom. The highest BCUT2D eigenvalue weighted by atomic mass is 16.5. The Balaban J connectivity index is 1.57. The Kier molecular flexibility index (Phi) is 5.37. The summed E-state index contributed by atoms with van der Waals surface area (Å²) in [7, 11) is 0. The molecular weight excluding hydrogens is 280 g/mol. The number of carbonyl (C=O) groups excluding carboxylic acids is 1. The van der Waals surface area contributed by atoms with Crippen molar-refractivity contribution in [3.63, 3.8) is 0 Å². The van der Waals surface area contributed by atoms with Crippen molar-refractivity contribution >= 4 is 5.91 Å². The number of amides is 1. The lowest BCUT2D eigenvalue weighted by atomic mass is 9.79. The van der Waals surface area contributed by atoms with E-state index in [9.17, 15) is 9.90 Å². The molecule has 3 fully saturated rings. The van der Waals surface area contributed by atoms with E-state index in [1.54, 1.807) is 6.92 Å². The van der Waals surface area contributed by atoms with E-state index in [1.165, 1.54) is 0 Å². The molecule has 5 heteroatoms. The van der Waals surface area contributed by atoms with E-state index in [-0.39, 0.29) is 5.91 Å². The zero-order valence-electron chi connectivity index (χ0n) is 13.7. The highest BCUT2D eigenvalue weighted by Crippen LogP contribution is 2.37. The van der Waals surface area contributed by atoms with Gasteiger partial charge in [0, 0.05) is 59.0 Å². The molecule has 3 rings (SSSR count). The molecule has 0 aromatic heterocycles. The summed E-state index contributed by atoms with van der Waals surface area (Å²) in [6.07, 6.45) is 4.46. The number of aliphatic hydroxyl groups is 1. The van der Waals surface area contributed by atoms with Crippen LogP contribution in [0.3, 0.4) is 0 Å². The average Bonchev–Trinajstić information content (AvgIpc) is 3.00. The largest absolute Gasteiger partial charge is 0.396 e. The Hall–Kier alpha value is -0.650. The fourth-order valence-electron chi connectivity index (χ4n) is 4.65. The van der Waals surface area contributed by atoms with Crippen molar-refractivity contribution in [2.45, 2.75) is 38.6 Å². The van der Waals surface area contributed by atoms with Crippen LogP contribution in [0.5, 0.6) is 0 Å². The molecule has 0 saturated carbocycles. The van der Waals surface area contributed by atoms with Gasteiger partial charge in [0.2, 0.25) is 5.91 Å². The third-order valence-electron chi connectivity index (χ3n) is 6.05. The first kappa shape index (κ1) is 16.2. The Bertz CT molecular complexity index is 376. The number of likely N-dealkylation sites (tertiary alicyclic amines) is 2. The van der Waals surface area contributed by atoms with Crippen LogP contribution in [-0.4, -0.2) is 72.9 Å². The molecule has 0 aromatic rings. The molecule has 5 nitrogen and oxygen atoms in total. The van der Waals surface area contributed by atoms with Gasteiger partial charge in [-0.1, -0.05) is 0 Å². The quantitative estimate of drug-likeness (QED) is 0.844. The fourth-order valence-corrected chi connectivity index (χ4v) is 4.65. The van der Waals surface area contributed by atoms with Crippen LogP contribution in [0, 0.1) is 17.8 Å². The van der Waals surface area contributed by atoms with Crippen molar-refractivity contribution in [2.75, 3.05) is 46.0 Å². The molecule has 1 amide bonds. The maximum absolute atomic E-state index is 11.5. The van der Waals surface area contributed by atoms with Gasteiger partial charge in [0.05, 0.1) is 0 Å². The molecule has 3 heterocycles. The minimum Gasteiger partial charge on any atom is -0.396 e. The van der Waals surface area contributed by atoms with Gasteiger partial charge in [0.25, 0.3) is 0 Å². The first-order chi connectivity index (χ1) is 10.7. The van der Waals surface area contributed by atoms with Crippen LogP contribution in [0.1, 0.15) is 32.6 Å². The molecule has 22 heavy (non-hydrogen) atoms. The lowest BCUT2D eigenvalue weighted by Gasteiger charge is -2.36. The summed E-state index contributed by atoms with van der Waals surface area (Å²) in [5.74, 6) is 1.88. The van der Waals surface area contributed by atoms with Crippen LogP contribution >= 0.6 is 0 Å². The molecule has 2 atom stereocenters. The average molecular weight is 310 g/mol. The Labute approximate surface area is 133 Å². The number of nitrogens with zero attached hydrogens (tertiary/aromatic N) is 2. The monoisotopic (exact) mass is 310 g/mol. The molecule has 126 valence electrons. The van der Waals surface area contributed by atoms with Gasteiger partial charge in [0.1, 0.15) is 0 Å². The van der Waals surface area contributed by atoms with Crippen LogP contribution in [0.4, 0.5) is 0 Å². The predicted octanol–water partition coefficient (Wildman–Crippen LogP) is 0.964. The second kappa shape index (κ2) is 7.28. The second-order valence-corrected chi connectivity index (χ2v) is 7.25. The lowest BCUT2D eigenvalue weighted by Crippen LogP contribution is -2.41. The summed E-state index contributed by atoms with van der Waals surface area (Å²) in [6, 6.07) is 0.644. The van der Waals surface area contributed by atoms with Crippen molar-refractivity contribution in [1.29, 1.82) is 0 Å². The van der Waals surface area contributed by atoms with E-state index in [2.05, 4.69) is 4.90 Å². The maximum atomic E-state index is 11.5. The summed E-state index contributed by atoms with van der Waals surface area (Å²) in [5.41, 5.74) is 0. The summed E-state index contributed by atoms with van der Waals surface area (Å²) in [4.78, 5) is 16.0. The number of ether oxygens (including phenoxy) is 1. The first-order valence-corrected chi connectivity index (χ1v) is 8.87. The number of piperidine rings is 1. The van der Waals surface area contributed by atoms with E-state index in [1.807, 2.05) is 4.90 Å². The Morgan fingerprint density at radius 1 is 1.14 bits per heavy atom. The third-order valence-corrected chi connectivity index (χ3v) is 6.05. The van der Waals surface area contributed by atoms with E-state index in [0.717, 1.165) is 65.1 Å². The van der Waals surface area contributed by atoms with Gasteiger partial charge in [0.15, 0.2) is 0 Å². The summed E-state index contributed by atoms with van der Waals surface area (Å²) in [5, 5.41) is 9.81. The molecular formula is C17H30N2O3. The molecule has 0 spiro atoms. The van der Waals surface area contributed by atoms with Crippen LogP contribution in [-0.2, 0) is 9.53 Å². The fraction of sp³-hybridized carbons (Fsp3) is 0.941. The number of hydrogen-bond donors (Lipinski definition) is 1. The Morgan fingerprint density at radius 3 is 2.41 bits per heavy atom. The number of rotatable bonds is 3. The molecule has 0 radical (unpaired) electrons. The molecule has 0 bridgehead atoms. The first-order valence-electron chi connectivity index (χ1n) is 8.87. The number of aliphatic hydroxyl groups excluding tert-OH is 1. The van der Waals surface area contributed by atoms with Crippen LogP contribution in [0.25, 0.3) is 0 Å². The molecule has 3 saturated heterocycles. The van der Waals surface area contributed by atoms with Crippen molar-refractivity contribution in [3.05, 3.63) is 0 Å². The van der Waals surface area contributed by atoms with Gasteiger partial charge >= 0.3 is 0 Å². The van der Waals surface area contributed by atoms with Crippen molar-refractivity contribution in [1.82, 2.24) is 9.80 Å². The zero-order valence-corrected chi connectivity index (χ0v) is 13.7. The minimum atomic E-state index is 0.201. The van der Waals surface area contributed by atoms with Crippen molar-refractivity contribution < 1.29 is 14.6 Å². The van der Waals surface area contributed by atoms with Crippen LogP contribution in [0.15, 0.2) is 0 Å². The van der Waals surface area contributed by atoms with Crippen LogP contribution < -0.4 is 0 Å². The highest BCUT2D eigenvalue weighted by Gasteiger charge is 2.41. The van der Waals surface area contributed by atoms with Gasteiger partial charge in [-0.2, -0.15) is 0 Å². The summed E-state index contributed by atoms with van der Waals surface area (Å²) in [6.45, 7) is 7.69. The van der Waals surface area contributed by atoms with Gasteiger partial charge in [-0.25, -0.2) is 0 Å². The SMILES string of the molecule is CC(=O)N1CCC([C@@H]2CN(C3CCOCC3)C[C@H]2CO)CC1. The summed E-state index contributed by atoms with van der Waals surface area (Å²) < 4.78 is 5.48. The molecule has 1 N–H and O–H groups in total. The molecule has 0 unspecified atom stereocenters. The van der Waals surface area contributed by atoms with E-state index >= 15 is 0 Å². The highest BCUT2D eigenvalue weighted by molar-refractivity contribution is 5.73. The third kappa shape index (κ3) is 3.47. The van der Waals surface area contributed by atoms with Gasteiger partial charge in [-0.05, 0) is 43.4 Å². The molecule has 3 aliphatic rings.